The molecule has 0 radical (unpaired) electrons. The lowest BCUT2D eigenvalue weighted by atomic mass is 10.0. The summed E-state index contributed by atoms with van der Waals surface area (Å²) in [5.41, 5.74) is 0. The van der Waals surface area contributed by atoms with E-state index in [1.165, 1.54) is 12.8 Å². The Labute approximate surface area is 97.6 Å². The number of hydrogen-bond donors (Lipinski definition) is 1. The van der Waals surface area contributed by atoms with Gasteiger partial charge in [0.15, 0.2) is 5.79 Å². The first kappa shape index (κ1) is 12.3. The van der Waals surface area contributed by atoms with Crippen LogP contribution in [0.1, 0.15) is 26.7 Å². The van der Waals surface area contributed by atoms with Crippen LogP contribution < -0.4 is 5.32 Å². The molecule has 0 saturated carbocycles. The molecule has 94 valence electrons. The van der Waals surface area contributed by atoms with Gasteiger partial charge in [-0.25, -0.2) is 0 Å². The zero-order valence-corrected chi connectivity index (χ0v) is 10.3. The van der Waals surface area contributed by atoms with E-state index in [0.717, 1.165) is 33.0 Å². The molecule has 2 aliphatic heterocycles. The lowest BCUT2D eigenvalue weighted by molar-refractivity contribution is -0.253. The smallest absolute Gasteiger partial charge is 0.162 e. The van der Waals surface area contributed by atoms with Crippen molar-refractivity contribution in [3.05, 3.63) is 0 Å². The topological polar surface area (TPSA) is 39.7 Å². The zero-order chi connectivity index (χ0) is 11.4. The van der Waals surface area contributed by atoms with Crippen molar-refractivity contribution in [2.75, 3.05) is 33.0 Å². The lowest BCUT2D eigenvalue weighted by Crippen LogP contribution is -2.49. The van der Waals surface area contributed by atoms with E-state index in [-0.39, 0.29) is 0 Å². The summed E-state index contributed by atoms with van der Waals surface area (Å²) in [5.74, 6) is 0.246. The van der Waals surface area contributed by atoms with E-state index in [4.69, 9.17) is 14.2 Å². The summed E-state index contributed by atoms with van der Waals surface area (Å²) in [6.45, 7) is 8.22. The predicted molar refractivity (Wildman–Crippen MR) is 61.3 cm³/mol. The Morgan fingerprint density at radius 2 is 1.94 bits per heavy atom. The maximum absolute atomic E-state index is 5.60. The average Bonchev–Trinajstić information content (AvgIpc) is 2.29. The van der Waals surface area contributed by atoms with Gasteiger partial charge in [-0.3, -0.25) is 0 Å². The Hall–Kier alpha value is -0.160. The molecule has 2 saturated heterocycles. The van der Waals surface area contributed by atoms with Gasteiger partial charge >= 0.3 is 0 Å². The second-order valence-corrected chi connectivity index (χ2v) is 5.21. The molecule has 2 fully saturated rings. The molecule has 2 rings (SSSR count). The van der Waals surface area contributed by atoms with Crippen LogP contribution in [-0.4, -0.2) is 44.8 Å². The van der Waals surface area contributed by atoms with Crippen LogP contribution in [0.15, 0.2) is 0 Å². The zero-order valence-electron chi connectivity index (χ0n) is 10.3. The van der Waals surface area contributed by atoms with Crippen molar-refractivity contribution in [2.45, 2.75) is 38.5 Å². The molecule has 0 spiro atoms. The van der Waals surface area contributed by atoms with Crippen LogP contribution >= 0.6 is 0 Å². The molecule has 0 aliphatic carbocycles. The summed E-state index contributed by atoms with van der Waals surface area (Å²) >= 11 is 0. The minimum Gasteiger partial charge on any atom is -0.381 e. The number of ether oxygens (including phenoxy) is 3. The van der Waals surface area contributed by atoms with E-state index in [1.807, 2.05) is 13.8 Å². The summed E-state index contributed by atoms with van der Waals surface area (Å²) < 4.78 is 16.7. The van der Waals surface area contributed by atoms with Gasteiger partial charge in [-0.2, -0.15) is 0 Å². The fourth-order valence-corrected chi connectivity index (χ4v) is 2.11. The highest BCUT2D eigenvalue weighted by atomic mass is 16.7. The summed E-state index contributed by atoms with van der Waals surface area (Å²) in [4.78, 5) is 0. The standard InChI is InChI=1S/C12H23NO3/c1-12(2)15-8-11(9-16-12)13-6-10-4-3-5-14-7-10/h10-11,13H,3-9H2,1-2H3. The minimum absolute atomic E-state index is 0.329. The van der Waals surface area contributed by atoms with Crippen molar-refractivity contribution in [1.29, 1.82) is 0 Å². The monoisotopic (exact) mass is 229 g/mol. The van der Waals surface area contributed by atoms with Gasteiger partial charge in [0.2, 0.25) is 0 Å². The van der Waals surface area contributed by atoms with Gasteiger partial charge in [0.1, 0.15) is 0 Å². The predicted octanol–water partition coefficient (Wildman–Crippen LogP) is 1.15. The molecule has 0 amide bonds. The SMILES string of the molecule is CC1(C)OCC(NCC2CCCOC2)CO1. The third kappa shape index (κ3) is 3.70. The fourth-order valence-electron chi connectivity index (χ4n) is 2.11. The molecular formula is C12H23NO3. The Kier molecular flexibility index (Phi) is 4.19. The van der Waals surface area contributed by atoms with E-state index in [2.05, 4.69) is 5.32 Å². The van der Waals surface area contributed by atoms with Gasteiger partial charge < -0.3 is 19.5 Å². The molecule has 2 aliphatic rings. The van der Waals surface area contributed by atoms with Gasteiger partial charge in [-0.15, -0.1) is 0 Å². The molecule has 0 aromatic carbocycles. The van der Waals surface area contributed by atoms with Crippen LogP contribution in [0.2, 0.25) is 0 Å². The first-order valence-electron chi connectivity index (χ1n) is 6.25. The van der Waals surface area contributed by atoms with Gasteiger partial charge in [0.05, 0.1) is 25.9 Å². The van der Waals surface area contributed by atoms with E-state index in [9.17, 15) is 0 Å². The minimum atomic E-state index is -0.411. The van der Waals surface area contributed by atoms with Crippen LogP contribution in [0.4, 0.5) is 0 Å². The van der Waals surface area contributed by atoms with Crippen molar-refractivity contribution < 1.29 is 14.2 Å². The Balaban J connectivity index is 1.63. The molecular weight excluding hydrogens is 206 g/mol. The Bertz CT molecular complexity index is 204. The summed E-state index contributed by atoms with van der Waals surface area (Å²) in [5, 5.41) is 3.50. The quantitative estimate of drug-likeness (QED) is 0.788. The number of nitrogens with one attached hydrogen (secondary N) is 1. The highest BCUT2D eigenvalue weighted by Gasteiger charge is 2.28. The van der Waals surface area contributed by atoms with Crippen LogP contribution in [0, 0.1) is 5.92 Å². The van der Waals surface area contributed by atoms with Crippen molar-refractivity contribution in [3.8, 4) is 0 Å². The van der Waals surface area contributed by atoms with Crippen molar-refractivity contribution in [1.82, 2.24) is 5.32 Å². The molecule has 0 aromatic rings. The molecule has 1 unspecified atom stereocenters. The first-order chi connectivity index (χ1) is 7.66. The second kappa shape index (κ2) is 5.45. The van der Waals surface area contributed by atoms with E-state index >= 15 is 0 Å². The van der Waals surface area contributed by atoms with Gasteiger partial charge in [-0.05, 0) is 32.6 Å². The van der Waals surface area contributed by atoms with E-state index in [0.29, 0.717) is 12.0 Å². The van der Waals surface area contributed by atoms with Gasteiger partial charge in [0.25, 0.3) is 0 Å². The first-order valence-corrected chi connectivity index (χ1v) is 6.25. The molecule has 1 atom stereocenters. The van der Waals surface area contributed by atoms with Crippen LogP contribution in [0.5, 0.6) is 0 Å². The summed E-state index contributed by atoms with van der Waals surface area (Å²) in [6, 6.07) is 0.329. The molecule has 1 N–H and O–H groups in total. The van der Waals surface area contributed by atoms with Crippen LogP contribution in [0.3, 0.4) is 0 Å². The molecule has 0 bridgehead atoms. The van der Waals surface area contributed by atoms with Gasteiger partial charge in [-0.1, -0.05) is 0 Å². The molecule has 0 aromatic heterocycles. The second-order valence-electron chi connectivity index (χ2n) is 5.21. The van der Waals surface area contributed by atoms with E-state index in [1.54, 1.807) is 0 Å². The molecule has 16 heavy (non-hydrogen) atoms. The largest absolute Gasteiger partial charge is 0.381 e. The molecule has 4 nitrogen and oxygen atoms in total. The molecule has 2 heterocycles. The number of hydrogen-bond acceptors (Lipinski definition) is 4. The Morgan fingerprint density at radius 3 is 2.56 bits per heavy atom. The highest BCUT2D eigenvalue weighted by molar-refractivity contribution is 4.75. The Morgan fingerprint density at radius 1 is 1.19 bits per heavy atom. The van der Waals surface area contributed by atoms with Crippen LogP contribution in [0.25, 0.3) is 0 Å². The van der Waals surface area contributed by atoms with Crippen molar-refractivity contribution >= 4 is 0 Å². The fraction of sp³-hybridized carbons (Fsp3) is 1.00. The summed E-state index contributed by atoms with van der Waals surface area (Å²) in [7, 11) is 0. The van der Waals surface area contributed by atoms with Crippen molar-refractivity contribution in [2.24, 2.45) is 5.92 Å². The third-order valence-corrected chi connectivity index (χ3v) is 3.21. The molecule has 4 heteroatoms. The third-order valence-electron chi connectivity index (χ3n) is 3.21. The van der Waals surface area contributed by atoms with Crippen LogP contribution in [-0.2, 0) is 14.2 Å². The normalized spacial score (nSPS) is 31.5. The summed E-state index contributed by atoms with van der Waals surface area (Å²) in [6.07, 6.45) is 2.46. The lowest BCUT2D eigenvalue weighted by Gasteiger charge is -2.36. The van der Waals surface area contributed by atoms with Crippen molar-refractivity contribution in [3.63, 3.8) is 0 Å². The van der Waals surface area contributed by atoms with Gasteiger partial charge in [0, 0.05) is 13.2 Å². The maximum atomic E-state index is 5.60. The maximum Gasteiger partial charge on any atom is 0.162 e. The average molecular weight is 229 g/mol. The van der Waals surface area contributed by atoms with E-state index < -0.39 is 5.79 Å². The highest BCUT2D eigenvalue weighted by Crippen LogP contribution is 2.18. The number of rotatable bonds is 3.